The highest BCUT2D eigenvalue weighted by Crippen LogP contribution is 2.41. The van der Waals surface area contributed by atoms with Crippen LogP contribution in [0, 0.1) is 11.6 Å². The molecule has 5 N–H and O–H groups in total. The highest BCUT2D eigenvalue weighted by Gasteiger charge is 2.32. The zero-order valence-corrected chi connectivity index (χ0v) is 24.8. The first-order valence-corrected chi connectivity index (χ1v) is 15.9. The number of aliphatic hydroxyl groups is 1. The van der Waals surface area contributed by atoms with Crippen LogP contribution in [0.2, 0.25) is 5.02 Å². The Labute approximate surface area is 252 Å². The quantitative estimate of drug-likeness (QED) is 0.204. The molecule has 0 spiro atoms. The summed E-state index contributed by atoms with van der Waals surface area (Å²) in [6.07, 6.45) is 4.79. The van der Waals surface area contributed by atoms with Gasteiger partial charge in [-0.1, -0.05) is 18.5 Å². The molecule has 0 amide bonds. The molecule has 1 saturated carbocycles. The zero-order chi connectivity index (χ0) is 30.5. The summed E-state index contributed by atoms with van der Waals surface area (Å²) in [4.78, 5) is 8.78. The Kier molecular flexibility index (Phi) is 7.88. The number of nitrogens with zero attached hydrogens (tertiary/aromatic N) is 2. The van der Waals surface area contributed by atoms with Crippen molar-refractivity contribution in [1.29, 1.82) is 0 Å². The van der Waals surface area contributed by atoms with E-state index in [0.717, 1.165) is 49.4 Å². The van der Waals surface area contributed by atoms with Gasteiger partial charge in [0, 0.05) is 34.3 Å². The average molecular weight is 630 g/mol. The van der Waals surface area contributed by atoms with Crippen molar-refractivity contribution in [3.8, 4) is 16.9 Å². The minimum atomic E-state index is -4.45. The average Bonchev–Trinajstić information content (AvgIpc) is 3.35. The van der Waals surface area contributed by atoms with Crippen LogP contribution in [0.3, 0.4) is 0 Å². The van der Waals surface area contributed by atoms with E-state index in [4.69, 9.17) is 27.1 Å². The second kappa shape index (κ2) is 11.5. The third-order valence-electron chi connectivity index (χ3n) is 7.95. The normalized spacial score (nSPS) is 20.1. The molecule has 4 aromatic rings. The highest BCUT2D eigenvalue weighted by molar-refractivity contribution is 7.92. The number of benzene rings is 3. The number of nitrogens with one attached hydrogen (secondary N) is 2. The van der Waals surface area contributed by atoms with Crippen molar-refractivity contribution in [3.63, 3.8) is 0 Å². The van der Waals surface area contributed by atoms with Gasteiger partial charge >= 0.3 is 0 Å². The number of nitrogens with two attached hydrogens (primary N) is 1. The summed E-state index contributed by atoms with van der Waals surface area (Å²) in [6, 6.07) is 8.23. The molecule has 1 aliphatic carbocycles. The van der Waals surface area contributed by atoms with Gasteiger partial charge in [0.1, 0.15) is 29.2 Å². The SMILES string of the molecule is CCc1cc(-c2c(F)ccc(NS(=O)(=O)c3cc(Cl)cc4c3OC[C@H]4O)c2F)cc2cnc(NC3CCC(N)CC3)nc12. The second-order valence-corrected chi connectivity index (χ2v) is 13.0. The maximum Gasteiger partial charge on any atom is 0.265 e. The van der Waals surface area contributed by atoms with Crippen molar-refractivity contribution in [2.75, 3.05) is 16.6 Å². The van der Waals surface area contributed by atoms with E-state index in [9.17, 15) is 13.5 Å². The van der Waals surface area contributed by atoms with E-state index >= 15 is 8.78 Å². The monoisotopic (exact) mass is 629 g/mol. The summed E-state index contributed by atoms with van der Waals surface area (Å²) in [6.45, 7) is 1.77. The molecule has 1 aliphatic heterocycles. The fourth-order valence-corrected chi connectivity index (χ4v) is 7.24. The number of aryl methyl sites for hydroxylation is 1. The lowest BCUT2D eigenvalue weighted by molar-refractivity contribution is 0.140. The van der Waals surface area contributed by atoms with Crippen molar-refractivity contribution >= 4 is 44.2 Å². The summed E-state index contributed by atoms with van der Waals surface area (Å²) < 4.78 is 65.4. The molecule has 226 valence electrons. The fraction of sp³-hybridized carbons (Fsp3) is 0.333. The van der Waals surface area contributed by atoms with Gasteiger partial charge in [0.05, 0.1) is 16.8 Å². The molecule has 13 heteroatoms. The number of ether oxygens (including phenoxy) is 1. The van der Waals surface area contributed by atoms with Crippen LogP contribution in [0.4, 0.5) is 20.4 Å². The second-order valence-electron chi connectivity index (χ2n) is 10.9. The molecule has 0 unspecified atom stereocenters. The van der Waals surface area contributed by atoms with Crippen LogP contribution in [0.5, 0.6) is 5.75 Å². The largest absolute Gasteiger partial charge is 0.489 e. The number of aromatic nitrogens is 2. The minimum Gasteiger partial charge on any atom is -0.489 e. The highest BCUT2D eigenvalue weighted by atomic mass is 35.5. The molecule has 43 heavy (non-hydrogen) atoms. The third kappa shape index (κ3) is 5.72. The van der Waals surface area contributed by atoms with Crippen molar-refractivity contribution < 1.29 is 27.0 Å². The lowest BCUT2D eigenvalue weighted by Crippen LogP contribution is -2.33. The Bertz CT molecular complexity index is 1830. The standard InChI is InChI=1S/C30H30ClF2N5O4S/c1-2-15-9-16(10-17-13-35-30(37-28(15)17)36-20-5-3-19(34)4-6-20)26-22(32)7-8-23(27(26)33)38-43(40,41)25-12-18(31)11-21-24(39)14-42-29(21)25/h7-13,19-20,24,38-39H,2-6,14,34H2,1H3,(H,35,36,37)/t19?,20?,24-/m1/s1. The van der Waals surface area contributed by atoms with Crippen LogP contribution in [0.25, 0.3) is 22.0 Å². The maximum absolute atomic E-state index is 16.0. The van der Waals surface area contributed by atoms with Gasteiger partial charge in [-0.3, -0.25) is 4.72 Å². The zero-order valence-electron chi connectivity index (χ0n) is 23.2. The molecule has 1 aromatic heterocycles. The van der Waals surface area contributed by atoms with E-state index in [1.165, 1.54) is 6.07 Å². The number of aliphatic hydroxyl groups excluding tert-OH is 1. The lowest BCUT2D eigenvalue weighted by Gasteiger charge is -2.26. The first-order valence-electron chi connectivity index (χ1n) is 14.0. The Balaban J connectivity index is 1.35. The topological polar surface area (TPSA) is 139 Å². The summed E-state index contributed by atoms with van der Waals surface area (Å²) in [5.74, 6) is -1.56. The number of hydrogen-bond acceptors (Lipinski definition) is 8. The minimum absolute atomic E-state index is 0.0516. The fourth-order valence-electron chi connectivity index (χ4n) is 5.69. The molecule has 6 rings (SSSR count). The van der Waals surface area contributed by atoms with Crippen molar-refractivity contribution in [2.45, 2.75) is 62.1 Å². The van der Waals surface area contributed by atoms with E-state index in [2.05, 4.69) is 15.0 Å². The van der Waals surface area contributed by atoms with E-state index in [1.807, 2.05) is 6.92 Å². The van der Waals surface area contributed by atoms with Crippen LogP contribution in [-0.2, 0) is 16.4 Å². The molecule has 2 heterocycles. The molecule has 0 bridgehead atoms. The number of fused-ring (bicyclic) bond motifs is 2. The van der Waals surface area contributed by atoms with Gasteiger partial charge in [0.25, 0.3) is 10.0 Å². The van der Waals surface area contributed by atoms with Crippen LogP contribution in [0.1, 0.15) is 49.8 Å². The molecule has 9 nitrogen and oxygen atoms in total. The summed E-state index contributed by atoms with van der Waals surface area (Å²) in [5.41, 5.74) is 6.97. The molecule has 0 radical (unpaired) electrons. The van der Waals surface area contributed by atoms with E-state index in [0.29, 0.717) is 23.3 Å². The van der Waals surface area contributed by atoms with Gasteiger partial charge in [-0.2, -0.15) is 0 Å². The predicted octanol–water partition coefficient (Wildman–Crippen LogP) is 5.70. The van der Waals surface area contributed by atoms with Crippen molar-refractivity contribution in [2.24, 2.45) is 5.73 Å². The molecule has 1 atom stereocenters. The Morgan fingerprint density at radius 2 is 1.91 bits per heavy atom. The number of anilines is 2. The predicted molar refractivity (Wildman–Crippen MR) is 161 cm³/mol. The van der Waals surface area contributed by atoms with Crippen molar-refractivity contribution in [1.82, 2.24) is 9.97 Å². The van der Waals surface area contributed by atoms with Gasteiger partial charge in [-0.15, -0.1) is 0 Å². The lowest BCUT2D eigenvalue weighted by atomic mass is 9.92. The van der Waals surface area contributed by atoms with Crippen LogP contribution in [0.15, 0.2) is 47.5 Å². The van der Waals surface area contributed by atoms with E-state index in [-0.39, 0.29) is 45.5 Å². The molecule has 3 aromatic carbocycles. The van der Waals surface area contributed by atoms with Gasteiger partial charge in [-0.05, 0) is 79.6 Å². The third-order valence-corrected chi connectivity index (χ3v) is 9.54. The van der Waals surface area contributed by atoms with Gasteiger partial charge in [-0.25, -0.2) is 27.2 Å². The molecular weight excluding hydrogens is 600 g/mol. The van der Waals surface area contributed by atoms with Gasteiger partial charge in [0.15, 0.2) is 5.82 Å². The first kappa shape index (κ1) is 29.5. The van der Waals surface area contributed by atoms with Gasteiger partial charge in [0.2, 0.25) is 5.95 Å². The smallest absolute Gasteiger partial charge is 0.265 e. The van der Waals surface area contributed by atoms with E-state index < -0.39 is 39.0 Å². The van der Waals surface area contributed by atoms with Crippen molar-refractivity contribution in [3.05, 3.63) is 70.4 Å². The van der Waals surface area contributed by atoms with Crippen LogP contribution in [-0.4, -0.2) is 42.2 Å². The Morgan fingerprint density at radius 1 is 1.14 bits per heavy atom. The molecule has 0 saturated heterocycles. The Hall–Kier alpha value is -3.58. The number of sulfonamides is 1. The summed E-state index contributed by atoms with van der Waals surface area (Å²) in [5, 5.41) is 14.1. The maximum atomic E-state index is 16.0. The molecule has 2 aliphatic rings. The summed E-state index contributed by atoms with van der Waals surface area (Å²) in [7, 11) is -4.45. The number of hydrogen-bond donors (Lipinski definition) is 4. The number of rotatable bonds is 7. The van der Waals surface area contributed by atoms with E-state index in [1.54, 1.807) is 18.3 Å². The van der Waals surface area contributed by atoms with Crippen LogP contribution >= 0.6 is 11.6 Å². The molecular formula is C30H30ClF2N5O4S. The Morgan fingerprint density at radius 3 is 2.65 bits per heavy atom. The van der Waals surface area contributed by atoms with Crippen LogP contribution < -0.4 is 20.5 Å². The number of halogens is 3. The molecule has 1 fully saturated rings. The van der Waals surface area contributed by atoms with Gasteiger partial charge < -0.3 is 20.9 Å². The first-order chi connectivity index (χ1) is 20.5. The summed E-state index contributed by atoms with van der Waals surface area (Å²) >= 11 is 6.10.